The molecule has 7 nitrogen and oxygen atoms in total. The fraction of sp³-hybridized carbons (Fsp3) is 0.692. The first-order valence-electron chi connectivity index (χ1n) is 7.15. The smallest absolute Gasteiger partial charge is 0.414 e. The molecule has 3 saturated heterocycles. The van der Waals surface area contributed by atoms with Crippen molar-refractivity contribution in [3.63, 3.8) is 0 Å². The molecule has 2 atom stereocenters. The number of carboxylic acids is 2. The highest BCUT2D eigenvalue weighted by Crippen LogP contribution is 2.69. The summed E-state index contributed by atoms with van der Waals surface area (Å²) >= 11 is 3.31. The minimum Gasteiger partial charge on any atom is -0.473 e. The van der Waals surface area contributed by atoms with E-state index in [0.717, 1.165) is 11.8 Å². The van der Waals surface area contributed by atoms with Gasteiger partial charge < -0.3 is 15.1 Å². The molecule has 0 spiro atoms. The molecule has 0 amide bonds. The van der Waals surface area contributed by atoms with E-state index in [1.165, 1.54) is 54.3 Å². The van der Waals surface area contributed by atoms with Crippen molar-refractivity contribution in [3.05, 3.63) is 5.69 Å². The highest BCUT2D eigenvalue weighted by atomic mass is 32.2. The molecule has 0 aromatic carbocycles. The molecule has 4 fully saturated rings. The van der Waals surface area contributed by atoms with Crippen molar-refractivity contribution >= 4 is 35.4 Å². The molecule has 1 saturated carbocycles. The van der Waals surface area contributed by atoms with Gasteiger partial charge in [0, 0.05) is 25.0 Å². The molecule has 9 heteroatoms. The Morgan fingerprint density at radius 3 is 2.41 bits per heavy atom. The van der Waals surface area contributed by atoms with Crippen molar-refractivity contribution in [2.24, 2.45) is 11.8 Å². The van der Waals surface area contributed by atoms with E-state index in [2.05, 4.69) is 20.6 Å². The van der Waals surface area contributed by atoms with Crippen LogP contribution in [0.5, 0.6) is 0 Å². The monoisotopic (exact) mass is 343 g/mol. The standard InChI is InChI=1S/C11H15N3S2.C2H2O4/c1-2-3-15-10-9(12-16-13-10)11-6-14-4-7(11)8(11)5-14;3-1(4)2(5)6/h7-8H,2-6H2,1H3;(H,3,4)(H,5,6). The van der Waals surface area contributed by atoms with Gasteiger partial charge in [-0.1, -0.05) is 6.92 Å². The molecule has 4 bridgehead atoms. The Labute approximate surface area is 136 Å². The number of aliphatic carboxylic acids is 2. The Hall–Kier alpha value is -1.19. The van der Waals surface area contributed by atoms with Gasteiger partial charge in [0.2, 0.25) is 0 Å². The Morgan fingerprint density at radius 1 is 1.32 bits per heavy atom. The van der Waals surface area contributed by atoms with Gasteiger partial charge in [-0.2, -0.15) is 8.75 Å². The fourth-order valence-corrected chi connectivity index (χ4v) is 5.41. The van der Waals surface area contributed by atoms with Crippen LogP contribution in [-0.2, 0) is 15.0 Å². The van der Waals surface area contributed by atoms with Crippen molar-refractivity contribution in [1.29, 1.82) is 0 Å². The number of piperidine rings is 3. The first-order valence-corrected chi connectivity index (χ1v) is 8.86. The van der Waals surface area contributed by atoms with Gasteiger partial charge in [0.15, 0.2) is 0 Å². The predicted octanol–water partition coefficient (Wildman–Crippen LogP) is 1.01. The van der Waals surface area contributed by atoms with E-state index in [0.29, 0.717) is 5.41 Å². The summed E-state index contributed by atoms with van der Waals surface area (Å²) in [6.07, 6.45) is 1.22. The molecule has 2 N–H and O–H groups in total. The van der Waals surface area contributed by atoms with Crippen molar-refractivity contribution in [2.45, 2.75) is 23.8 Å². The molecule has 1 aliphatic carbocycles. The second kappa shape index (κ2) is 5.78. The molecule has 3 aliphatic heterocycles. The van der Waals surface area contributed by atoms with E-state index in [9.17, 15) is 0 Å². The third-order valence-corrected chi connectivity index (χ3v) is 6.43. The number of hydrogen-bond donors (Lipinski definition) is 2. The lowest BCUT2D eigenvalue weighted by molar-refractivity contribution is -0.159. The summed E-state index contributed by atoms with van der Waals surface area (Å²) < 4.78 is 9.12. The number of rotatable bonds is 4. The molecule has 4 heterocycles. The van der Waals surface area contributed by atoms with Crippen LogP contribution in [-0.4, -0.2) is 61.2 Å². The van der Waals surface area contributed by atoms with Gasteiger partial charge in [0.25, 0.3) is 0 Å². The molecule has 0 radical (unpaired) electrons. The van der Waals surface area contributed by atoms with E-state index < -0.39 is 11.9 Å². The summed E-state index contributed by atoms with van der Waals surface area (Å²) in [4.78, 5) is 20.8. The van der Waals surface area contributed by atoms with E-state index in [-0.39, 0.29) is 0 Å². The van der Waals surface area contributed by atoms with Crippen LogP contribution in [0.25, 0.3) is 0 Å². The van der Waals surface area contributed by atoms with Crippen LogP contribution < -0.4 is 0 Å². The van der Waals surface area contributed by atoms with Crippen LogP contribution >= 0.6 is 23.5 Å². The maximum atomic E-state index is 9.10. The molecule has 120 valence electrons. The van der Waals surface area contributed by atoms with E-state index >= 15 is 0 Å². The second-order valence-electron chi connectivity index (χ2n) is 5.82. The third-order valence-electron chi connectivity index (χ3n) is 4.62. The average Bonchev–Trinajstić information content (AvgIpc) is 3.07. The Morgan fingerprint density at radius 2 is 1.95 bits per heavy atom. The molecule has 22 heavy (non-hydrogen) atoms. The number of nitrogens with zero attached hydrogens (tertiary/aromatic N) is 3. The van der Waals surface area contributed by atoms with Gasteiger partial charge in [0.05, 0.1) is 17.4 Å². The lowest BCUT2D eigenvalue weighted by atomic mass is 10.0. The van der Waals surface area contributed by atoms with Gasteiger partial charge in [0.1, 0.15) is 5.03 Å². The van der Waals surface area contributed by atoms with Crippen LogP contribution in [0.2, 0.25) is 0 Å². The summed E-state index contributed by atoms with van der Waals surface area (Å²) in [6.45, 7) is 6.12. The Balaban J connectivity index is 0.000000209. The number of hydrogen-bond acceptors (Lipinski definition) is 7. The minimum absolute atomic E-state index is 0.447. The number of carbonyl (C=O) groups is 2. The molecule has 1 aromatic heterocycles. The number of thioether (sulfide) groups is 1. The first-order chi connectivity index (χ1) is 10.5. The maximum Gasteiger partial charge on any atom is 0.414 e. The first kappa shape index (κ1) is 15.7. The lowest BCUT2D eigenvalue weighted by Gasteiger charge is -2.09. The second-order valence-corrected chi connectivity index (χ2v) is 7.44. The summed E-state index contributed by atoms with van der Waals surface area (Å²) in [5.74, 6) is -0.646. The largest absolute Gasteiger partial charge is 0.473 e. The molecular formula is C13H17N3O4S2. The van der Waals surface area contributed by atoms with Gasteiger partial charge in [-0.15, -0.1) is 11.8 Å². The van der Waals surface area contributed by atoms with Crippen LogP contribution in [0.4, 0.5) is 0 Å². The molecular weight excluding hydrogens is 326 g/mol. The van der Waals surface area contributed by atoms with Gasteiger partial charge in [-0.3, -0.25) is 0 Å². The average molecular weight is 343 g/mol. The third kappa shape index (κ3) is 2.40. The van der Waals surface area contributed by atoms with E-state index in [1.807, 2.05) is 11.8 Å². The maximum absolute atomic E-state index is 9.10. The summed E-state index contributed by atoms with van der Waals surface area (Å²) in [7, 11) is 0. The normalized spacial score (nSPS) is 33.2. The van der Waals surface area contributed by atoms with Crippen molar-refractivity contribution < 1.29 is 19.8 Å². The summed E-state index contributed by atoms with van der Waals surface area (Å²) in [6, 6.07) is 0. The van der Waals surface area contributed by atoms with Gasteiger partial charge >= 0.3 is 11.9 Å². The van der Waals surface area contributed by atoms with Crippen molar-refractivity contribution in [2.75, 3.05) is 25.4 Å². The highest BCUT2D eigenvalue weighted by Gasteiger charge is 2.76. The molecule has 4 aliphatic rings. The Kier molecular flexibility index (Phi) is 4.13. The fourth-order valence-electron chi connectivity index (χ4n) is 3.73. The number of aromatic nitrogens is 2. The Bertz CT molecular complexity index is 582. The van der Waals surface area contributed by atoms with E-state index in [1.54, 1.807) is 0 Å². The van der Waals surface area contributed by atoms with Crippen LogP contribution in [0.3, 0.4) is 0 Å². The van der Waals surface area contributed by atoms with Gasteiger partial charge in [-0.25, -0.2) is 9.59 Å². The zero-order valence-corrected chi connectivity index (χ0v) is 13.7. The van der Waals surface area contributed by atoms with E-state index in [4.69, 9.17) is 19.8 Å². The SMILES string of the molecule is CCCSc1nsnc1C12CN3CC1C2C3.O=C(O)C(=O)O. The topological polar surface area (TPSA) is 104 Å². The van der Waals surface area contributed by atoms with Crippen LogP contribution in [0.1, 0.15) is 19.0 Å². The van der Waals surface area contributed by atoms with Crippen LogP contribution in [0.15, 0.2) is 5.03 Å². The van der Waals surface area contributed by atoms with Crippen molar-refractivity contribution in [3.8, 4) is 0 Å². The van der Waals surface area contributed by atoms with Crippen molar-refractivity contribution in [1.82, 2.24) is 13.6 Å². The molecule has 5 rings (SSSR count). The quantitative estimate of drug-likeness (QED) is 0.617. The highest BCUT2D eigenvalue weighted by molar-refractivity contribution is 7.99. The zero-order valence-electron chi connectivity index (χ0n) is 12.1. The summed E-state index contributed by atoms with van der Waals surface area (Å²) in [5.41, 5.74) is 1.80. The van der Waals surface area contributed by atoms with Crippen LogP contribution in [0, 0.1) is 11.8 Å². The summed E-state index contributed by atoms with van der Waals surface area (Å²) in [5, 5.41) is 16.0. The zero-order chi connectivity index (χ0) is 15.9. The number of carboxylic acid groups (broad SMARTS) is 2. The predicted molar refractivity (Wildman–Crippen MR) is 81.3 cm³/mol. The minimum atomic E-state index is -1.82. The molecule has 2 unspecified atom stereocenters. The lowest BCUT2D eigenvalue weighted by Crippen LogP contribution is -2.16. The molecule has 1 aromatic rings. The van der Waals surface area contributed by atoms with Gasteiger partial charge in [-0.05, 0) is 24.0 Å².